The van der Waals surface area contributed by atoms with Crippen molar-refractivity contribution in [2.45, 2.75) is 29.7 Å². The average Bonchev–Trinajstić information content (AvgIpc) is 3.16. The normalized spacial score (nSPS) is 14.4. The molecule has 0 N–H and O–H groups in total. The van der Waals surface area contributed by atoms with Crippen LogP contribution >= 0.6 is 11.8 Å². The molecule has 0 atom stereocenters. The lowest BCUT2D eigenvalue weighted by Crippen LogP contribution is -1.81. The maximum Gasteiger partial charge on any atom is 0.276 e. The molecule has 4 nitrogen and oxygen atoms in total. The largest absolute Gasteiger partial charge is 0.416 e. The van der Waals surface area contributed by atoms with Crippen LogP contribution in [-0.4, -0.2) is 10.2 Å². The molecular formula is C13H11N3OS. The summed E-state index contributed by atoms with van der Waals surface area (Å²) >= 11 is 1.53. The van der Waals surface area contributed by atoms with Crippen molar-refractivity contribution in [3.05, 3.63) is 41.3 Å². The van der Waals surface area contributed by atoms with E-state index < -0.39 is 0 Å². The van der Waals surface area contributed by atoms with Crippen LogP contribution in [0.5, 0.6) is 0 Å². The summed E-state index contributed by atoms with van der Waals surface area (Å²) in [4.78, 5) is 0. The molecule has 0 saturated heterocycles. The number of benzene rings is 1. The Morgan fingerprint density at radius 3 is 2.72 bits per heavy atom. The monoisotopic (exact) mass is 257 g/mol. The Kier molecular flexibility index (Phi) is 3.03. The van der Waals surface area contributed by atoms with Gasteiger partial charge in [-0.25, -0.2) is 0 Å². The van der Waals surface area contributed by atoms with Gasteiger partial charge in [0.2, 0.25) is 5.89 Å². The van der Waals surface area contributed by atoms with Gasteiger partial charge in [-0.05, 0) is 30.5 Å². The van der Waals surface area contributed by atoms with Crippen LogP contribution in [0.4, 0.5) is 0 Å². The molecule has 1 saturated carbocycles. The predicted octanol–water partition coefficient (Wildman–Crippen LogP) is 3.11. The number of hydrogen-bond acceptors (Lipinski definition) is 5. The van der Waals surface area contributed by atoms with Gasteiger partial charge in [0.1, 0.15) is 0 Å². The molecule has 0 radical (unpaired) electrons. The molecule has 1 aliphatic rings. The van der Waals surface area contributed by atoms with E-state index >= 15 is 0 Å². The number of nitriles is 1. The van der Waals surface area contributed by atoms with E-state index in [0.29, 0.717) is 16.7 Å². The molecule has 0 unspecified atom stereocenters. The summed E-state index contributed by atoms with van der Waals surface area (Å²) < 4.78 is 5.56. The van der Waals surface area contributed by atoms with Gasteiger partial charge in [-0.15, -0.1) is 10.2 Å². The van der Waals surface area contributed by atoms with Crippen LogP contribution in [0.2, 0.25) is 0 Å². The first-order valence-electron chi connectivity index (χ1n) is 5.80. The molecule has 18 heavy (non-hydrogen) atoms. The lowest BCUT2D eigenvalue weighted by molar-refractivity contribution is 0.414. The summed E-state index contributed by atoms with van der Waals surface area (Å²) in [5.74, 6) is 2.05. The van der Waals surface area contributed by atoms with Crippen LogP contribution in [-0.2, 0) is 5.75 Å². The zero-order valence-electron chi connectivity index (χ0n) is 9.67. The van der Waals surface area contributed by atoms with Crippen LogP contribution < -0.4 is 0 Å². The molecule has 1 fully saturated rings. The van der Waals surface area contributed by atoms with E-state index in [1.807, 2.05) is 24.3 Å². The molecule has 1 aliphatic carbocycles. The first-order valence-corrected chi connectivity index (χ1v) is 6.79. The van der Waals surface area contributed by atoms with E-state index in [1.165, 1.54) is 24.6 Å². The van der Waals surface area contributed by atoms with Crippen LogP contribution in [0.25, 0.3) is 0 Å². The van der Waals surface area contributed by atoms with Crippen molar-refractivity contribution in [2.75, 3.05) is 0 Å². The van der Waals surface area contributed by atoms with Crippen LogP contribution in [0.1, 0.15) is 35.8 Å². The molecule has 1 aromatic heterocycles. The third kappa shape index (κ3) is 2.54. The van der Waals surface area contributed by atoms with Gasteiger partial charge >= 0.3 is 0 Å². The molecule has 0 aliphatic heterocycles. The minimum absolute atomic E-state index is 0.502. The second-order valence-corrected chi connectivity index (χ2v) is 5.20. The Morgan fingerprint density at radius 2 is 2.06 bits per heavy atom. The SMILES string of the molecule is N#Cc1ccc(CSc2nnc(C3CC3)o2)cc1. The molecule has 0 amide bonds. The van der Waals surface area contributed by atoms with Gasteiger partial charge in [0.25, 0.3) is 5.22 Å². The quantitative estimate of drug-likeness (QED) is 0.787. The topological polar surface area (TPSA) is 62.7 Å². The van der Waals surface area contributed by atoms with E-state index in [-0.39, 0.29) is 0 Å². The summed E-state index contributed by atoms with van der Waals surface area (Å²) in [6.45, 7) is 0. The van der Waals surface area contributed by atoms with Crippen molar-refractivity contribution >= 4 is 11.8 Å². The van der Waals surface area contributed by atoms with Crippen molar-refractivity contribution < 1.29 is 4.42 Å². The fraction of sp³-hybridized carbons (Fsp3) is 0.308. The van der Waals surface area contributed by atoms with Crippen molar-refractivity contribution in [1.82, 2.24) is 10.2 Å². The van der Waals surface area contributed by atoms with Crippen LogP contribution in [0, 0.1) is 11.3 Å². The molecule has 90 valence electrons. The van der Waals surface area contributed by atoms with Gasteiger partial charge in [-0.3, -0.25) is 0 Å². The first-order chi connectivity index (χ1) is 8.85. The minimum Gasteiger partial charge on any atom is -0.416 e. The predicted molar refractivity (Wildman–Crippen MR) is 67.0 cm³/mol. The van der Waals surface area contributed by atoms with E-state index in [0.717, 1.165) is 17.2 Å². The number of rotatable bonds is 4. The molecule has 0 bridgehead atoms. The minimum atomic E-state index is 0.502. The summed E-state index contributed by atoms with van der Waals surface area (Å²) in [7, 11) is 0. The van der Waals surface area contributed by atoms with Crippen molar-refractivity contribution in [2.24, 2.45) is 0 Å². The molecule has 3 rings (SSSR count). The van der Waals surface area contributed by atoms with Gasteiger partial charge in [0.15, 0.2) is 0 Å². The highest BCUT2D eigenvalue weighted by Crippen LogP contribution is 2.40. The number of hydrogen-bond donors (Lipinski definition) is 0. The van der Waals surface area contributed by atoms with Crippen LogP contribution in [0.15, 0.2) is 33.9 Å². The summed E-state index contributed by atoms with van der Waals surface area (Å²) in [6.07, 6.45) is 2.34. The van der Waals surface area contributed by atoms with Gasteiger partial charge in [0, 0.05) is 11.7 Å². The fourth-order valence-electron chi connectivity index (χ4n) is 1.59. The highest BCUT2D eigenvalue weighted by molar-refractivity contribution is 7.98. The molecule has 1 heterocycles. The van der Waals surface area contributed by atoms with Crippen LogP contribution in [0.3, 0.4) is 0 Å². The van der Waals surface area contributed by atoms with Gasteiger partial charge in [-0.1, -0.05) is 23.9 Å². The summed E-state index contributed by atoms with van der Waals surface area (Å²) in [6, 6.07) is 9.64. The Morgan fingerprint density at radius 1 is 1.28 bits per heavy atom. The number of thioether (sulfide) groups is 1. The van der Waals surface area contributed by atoms with Crippen molar-refractivity contribution in [3.63, 3.8) is 0 Å². The van der Waals surface area contributed by atoms with Crippen molar-refractivity contribution in [1.29, 1.82) is 5.26 Å². The Bertz CT molecular complexity index is 581. The molecular weight excluding hydrogens is 246 g/mol. The molecule has 5 heteroatoms. The van der Waals surface area contributed by atoms with Gasteiger partial charge < -0.3 is 4.42 Å². The van der Waals surface area contributed by atoms with E-state index in [1.54, 1.807) is 0 Å². The van der Waals surface area contributed by atoms with E-state index in [2.05, 4.69) is 16.3 Å². The third-order valence-corrected chi connectivity index (χ3v) is 3.68. The lowest BCUT2D eigenvalue weighted by Gasteiger charge is -1.97. The Balaban J connectivity index is 1.60. The second-order valence-electron chi connectivity index (χ2n) is 4.28. The van der Waals surface area contributed by atoms with E-state index in [4.69, 9.17) is 9.68 Å². The Hall–Kier alpha value is -1.80. The summed E-state index contributed by atoms with van der Waals surface area (Å²) in [5, 5.41) is 17.4. The zero-order valence-corrected chi connectivity index (χ0v) is 10.5. The van der Waals surface area contributed by atoms with E-state index in [9.17, 15) is 0 Å². The standard InChI is InChI=1S/C13H11N3OS/c14-7-9-1-3-10(4-2-9)8-18-13-16-15-12(17-13)11-5-6-11/h1-4,11H,5-6,8H2. The van der Waals surface area contributed by atoms with Gasteiger partial charge in [-0.2, -0.15) is 5.26 Å². The maximum atomic E-state index is 8.71. The fourth-order valence-corrected chi connectivity index (χ4v) is 2.32. The van der Waals surface area contributed by atoms with Gasteiger partial charge in [0.05, 0.1) is 11.6 Å². The summed E-state index contributed by atoms with van der Waals surface area (Å²) in [5.41, 5.74) is 1.82. The first kappa shape index (κ1) is 11.3. The lowest BCUT2D eigenvalue weighted by atomic mass is 10.2. The Labute approximate surface area is 109 Å². The highest BCUT2D eigenvalue weighted by atomic mass is 32.2. The second kappa shape index (κ2) is 4.83. The molecule has 2 aromatic rings. The number of nitrogens with zero attached hydrogens (tertiary/aromatic N) is 3. The average molecular weight is 257 g/mol. The highest BCUT2D eigenvalue weighted by Gasteiger charge is 2.29. The number of aromatic nitrogens is 2. The molecule has 0 spiro atoms. The molecule has 1 aromatic carbocycles. The maximum absolute atomic E-state index is 8.71. The van der Waals surface area contributed by atoms with Crippen molar-refractivity contribution in [3.8, 4) is 6.07 Å². The smallest absolute Gasteiger partial charge is 0.276 e. The zero-order chi connectivity index (χ0) is 12.4. The third-order valence-electron chi connectivity index (χ3n) is 2.79.